The number of anilines is 3. The summed E-state index contributed by atoms with van der Waals surface area (Å²) in [4.78, 5) is 13.8. The highest BCUT2D eigenvalue weighted by molar-refractivity contribution is 5.55. The van der Waals surface area contributed by atoms with Gasteiger partial charge >= 0.3 is 0 Å². The van der Waals surface area contributed by atoms with E-state index < -0.39 is 0 Å². The zero-order valence-electron chi connectivity index (χ0n) is 18.7. The first-order valence-corrected chi connectivity index (χ1v) is 10.7. The molecule has 0 amide bonds. The number of aliphatic hydroxyl groups excluding tert-OH is 1. The van der Waals surface area contributed by atoms with Crippen LogP contribution >= 0.6 is 0 Å². The van der Waals surface area contributed by atoms with E-state index in [1.54, 1.807) is 19.2 Å². The van der Waals surface area contributed by atoms with E-state index in [9.17, 15) is 5.11 Å². The molecule has 0 aromatic carbocycles. The molecule has 0 saturated carbocycles. The van der Waals surface area contributed by atoms with Gasteiger partial charge in [-0.05, 0) is 26.2 Å². The molecule has 3 unspecified atom stereocenters. The van der Waals surface area contributed by atoms with Crippen molar-refractivity contribution < 1.29 is 9.84 Å². The van der Waals surface area contributed by atoms with Crippen LogP contribution in [0.3, 0.4) is 0 Å². The first kappa shape index (κ1) is 22.8. The Morgan fingerprint density at radius 2 is 2.16 bits per heavy atom. The first-order chi connectivity index (χ1) is 15.0. The summed E-state index contributed by atoms with van der Waals surface area (Å²) in [5, 5.41) is 28.2. The van der Waals surface area contributed by atoms with Crippen LogP contribution in [0.1, 0.15) is 45.2 Å². The average Bonchev–Trinajstić information content (AvgIpc) is 3.24. The number of nitriles is 1. The van der Waals surface area contributed by atoms with Crippen molar-refractivity contribution in [1.82, 2.24) is 25.1 Å². The molecule has 31 heavy (non-hydrogen) atoms. The van der Waals surface area contributed by atoms with Gasteiger partial charge in [0.1, 0.15) is 5.82 Å². The summed E-state index contributed by atoms with van der Waals surface area (Å²) < 4.78 is 5.40. The van der Waals surface area contributed by atoms with Gasteiger partial charge in [-0.2, -0.15) is 20.3 Å². The number of hydrogen-bond acceptors (Lipinski definition) is 9. The lowest BCUT2D eigenvalue weighted by Gasteiger charge is -2.46. The molecule has 168 valence electrons. The van der Waals surface area contributed by atoms with Crippen molar-refractivity contribution in [2.45, 2.75) is 64.3 Å². The second kappa shape index (κ2) is 10.4. The molecule has 0 aliphatic carbocycles. The van der Waals surface area contributed by atoms with Gasteiger partial charge in [-0.15, -0.1) is 0 Å². The van der Waals surface area contributed by atoms with E-state index in [0.29, 0.717) is 47.7 Å². The van der Waals surface area contributed by atoms with Crippen LogP contribution in [-0.2, 0) is 6.61 Å². The van der Waals surface area contributed by atoms with E-state index in [1.807, 2.05) is 7.05 Å². The highest BCUT2D eigenvalue weighted by Gasteiger charge is 2.34. The minimum atomic E-state index is -0.112. The molecular formula is C21H32N8O2. The molecule has 1 aliphatic rings. The Kier molecular flexibility index (Phi) is 7.65. The number of rotatable bonds is 9. The van der Waals surface area contributed by atoms with Crippen molar-refractivity contribution in [3.63, 3.8) is 0 Å². The monoisotopic (exact) mass is 428 g/mol. The standard InChI is InChI=1S/C21H32N8O2/c1-5-16-11-17(9-14(2)29(16)8-6-7-22)28(3)21-24-18(12-20(25-21)31-4)23-19-10-15(13-30)26-27-19/h10,12,14,16-17,30H,5-6,8-9,11,13H2,1-4H3,(H2,23,24,25,26,27). The fourth-order valence-electron chi connectivity index (χ4n) is 4.27. The van der Waals surface area contributed by atoms with Gasteiger partial charge in [-0.1, -0.05) is 6.92 Å². The summed E-state index contributed by atoms with van der Waals surface area (Å²) in [5.74, 6) is 2.17. The Bertz CT molecular complexity index is 896. The van der Waals surface area contributed by atoms with E-state index in [2.05, 4.69) is 55.2 Å². The predicted molar refractivity (Wildman–Crippen MR) is 118 cm³/mol. The molecule has 1 aliphatic heterocycles. The molecule has 1 fully saturated rings. The topological polar surface area (TPSA) is 126 Å². The van der Waals surface area contributed by atoms with Crippen molar-refractivity contribution in [3.8, 4) is 11.9 Å². The molecule has 0 radical (unpaired) electrons. The van der Waals surface area contributed by atoms with E-state index in [4.69, 9.17) is 10.00 Å². The van der Waals surface area contributed by atoms with Crippen LogP contribution in [0.2, 0.25) is 0 Å². The smallest absolute Gasteiger partial charge is 0.230 e. The van der Waals surface area contributed by atoms with Crippen molar-refractivity contribution in [2.75, 3.05) is 30.9 Å². The number of likely N-dealkylation sites (tertiary alicyclic amines) is 1. The van der Waals surface area contributed by atoms with Crippen LogP contribution in [0.25, 0.3) is 0 Å². The number of hydrogen-bond donors (Lipinski definition) is 3. The zero-order valence-corrected chi connectivity index (χ0v) is 18.7. The van der Waals surface area contributed by atoms with Gasteiger partial charge in [0.25, 0.3) is 0 Å². The summed E-state index contributed by atoms with van der Waals surface area (Å²) >= 11 is 0. The van der Waals surface area contributed by atoms with Crippen molar-refractivity contribution in [3.05, 3.63) is 17.8 Å². The van der Waals surface area contributed by atoms with Crippen molar-refractivity contribution >= 4 is 17.6 Å². The Labute approximate surface area is 183 Å². The summed E-state index contributed by atoms with van der Waals surface area (Å²) in [6.45, 7) is 5.14. The Morgan fingerprint density at radius 3 is 2.81 bits per heavy atom. The Morgan fingerprint density at radius 1 is 1.35 bits per heavy atom. The fraction of sp³-hybridized carbons (Fsp3) is 0.619. The Balaban J connectivity index is 1.78. The van der Waals surface area contributed by atoms with Crippen LogP contribution in [0.5, 0.6) is 5.88 Å². The van der Waals surface area contributed by atoms with Gasteiger partial charge in [0.2, 0.25) is 11.8 Å². The molecule has 1 saturated heterocycles. The van der Waals surface area contributed by atoms with Crippen LogP contribution in [0, 0.1) is 11.3 Å². The number of nitrogens with one attached hydrogen (secondary N) is 2. The second-order valence-corrected chi connectivity index (χ2v) is 7.95. The third kappa shape index (κ3) is 5.42. The second-order valence-electron chi connectivity index (χ2n) is 7.95. The molecule has 3 atom stereocenters. The summed E-state index contributed by atoms with van der Waals surface area (Å²) in [5.41, 5.74) is 0.614. The zero-order chi connectivity index (χ0) is 22.4. The predicted octanol–water partition coefficient (Wildman–Crippen LogP) is 2.43. The van der Waals surface area contributed by atoms with Gasteiger partial charge in [-0.3, -0.25) is 10.00 Å². The van der Waals surface area contributed by atoms with Crippen LogP contribution in [0.4, 0.5) is 17.6 Å². The number of aliphatic hydroxyl groups is 1. The lowest BCUT2D eigenvalue weighted by atomic mass is 9.89. The summed E-state index contributed by atoms with van der Waals surface area (Å²) in [7, 11) is 3.60. The van der Waals surface area contributed by atoms with Gasteiger partial charge in [0, 0.05) is 50.3 Å². The summed E-state index contributed by atoms with van der Waals surface area (Å²) in [6, 6.07) is 6.79. The molecule has 3 N–H and O–H groups in total. The number of methoxy groups -OCH3 is 1. The normalized spacial score (nSPS) is 21.5. The number of nitrogens with zero attached hydrogens (tertiary/aromatic N) is 6. The van der Waals surface area contributed by atoms with E-state index >= 15 is 0 Å². The maximum atomic E-state index is 9.22. The number of H-pyrrole nitrogens is 1. The molecule has 10 heteroatoms. The highest BCUT2D eigenvalue weighted by Crippen LogP contribution is 2.31. The van der Waals surface area contributed by atoms with Crippen molar-refractivity contribution in [2.24, 2.45) is 0 Å². The van der Waals surface area contributed by atoms with E-state index in [0.717, 1.165) is 25.8 Å². The number of piperidine rings is 1. The molecule has 0 bridgehead atoms. The molecule has 2 aromatic heterocycles. The van der Waals surface area contributed by atoms with E-state index in [-0.39, 0.29) is 12.6 Å². The van der Waals surface area contributed by atoms with Crippen LogP contribution in [0.15, 0.2) is 12.1 Å². The molecule has 0 spiro atoms. The maximum absolute atomic E-state index is 9.22. The summed E-state index contributed by atoms with van der Waals surface area (Å²) in [6.07, 6.45) is 3.56. The minimum absolute atomic E-state index is 0.112. The van der Waals surface area contributed by atoms with Gasteiger partial charge < -0.3 is 20.1 Å². The number of aromatic amines is 1. The van der Waals surface area contributed by atoms with Gasteiger partial charge in [0.05, 0.1) is 25.5 Å². The molecular weight excluding hydrogens is 396 g/mol. The van der Waals surface area contributed by atoms with Gasteiger partial charge in [0.15, 0.2) is 5.82 Å². The fourth-order valence-corrected chi connectivity index (χ4v) is 4.27. The van der Waals surface area contributed by atoms with Crippen LogP contribution in [-0.4, -0.2) is 69.0 Å². The minimum Gasteiger partial charge on any atom is -0.481 e. The lowest BCUT2D eigenvalue weighted by Crippen LogP contribution is -2.53. The number of aromatic nitrogens is 4. The van der Waals surface area contributed by atoms with Crippen LogP contribution < -0.4 is 15.0 Å². The third-order valence-corrected chi connectivity index (χ3v) is 5.97. The molecule has 3 heterocycles. The molecule has 10 nitrogen and oxygen atoms in total. The van der Waals surface area contributed by atoms with Crippen molar-refractivity contribution in [1.29, 1.82) is 5.26 Å². The van der Waals surface area contributed by atoms with E-state index in [1.165, 1.54) is 0 Å². The highest BCUT2D eigenvalue weighted by atomic mass is 16.5. The van der Waals surface area contributed by atoms with Gasteiger partial charge in [-0.25, -0.2) is 0 Å². The Hall–Kier alpha value is -2.90. The lowest BCUT2D eigenvalue weighted by molar-refractivity contribution is 0.0803. The largest absolute Gasteiger partial charge is 0.481 e. The third-order valence-electron chi connectivity index (χ3n) is 5.97. The maximum Gasteiger partial charge on any atom is 0.230 e. The number of ether oxygens (including phenoxy) is 1. The molecule has 3 rings (SSSR count). The average molecular weight is 429 g/mol. The quantitative estimate of drug-likeness (QED) is 0.552. The first-order valence-electron chi connectivity index (χ1n) is 10.7. The molecule has 2 aromatic rings. The SMILES string of the molecule is CCC1CC(N(C)c2nc(Nc3cc(CO)[nH]n3)cc(OC)n2)CC(C)N1CCC#N.